The molecule has 9 heteroatoms. The van der Waals surface area contributed by atoms with Gasteiger partial charge in [-0.2, -0.15) is 0 Å². The van der Waals surface area contributed by atoms with Crippen molar-refractivity contribution < 1.29 is 24.2 Å². The number of nitrogens with zero attached hydrogens (tertiary/aromatic N) is 1. The van der Waals surface area contributed by atoms with Crippen LogP contribution in [0.4, 0.5) is 0 Å². The second kappa shape index (κ2) is 9.21. The highest BCUT2D eigenvalue weighted by molar-refractivity contribution is 6.35. The minimum atomic E-state index is -1.14. The SMILES string of the molecule is CC(C)CC(NCC(C(=O)O)c1coc(-c2cc(Cl)cc(Cl)c2)n1)C(=O)O. The number of aromatic nitrogens is 1. The molecule has 2 unspecified atom stereocenters. The van der Waals surface area contributed by atoms with Crippen molar-refractivity contribution in [1.82, 2.24) is 10.3 Å². The summed E-state index contributed by atoms with van der Waals surface area (Å²) in [7, 11) is 0. The molecule has 0 spiro atoms. The molecular formula is C18H20Cl2N2O5. The van der Waals surface area contributed by atoms with Gasteiger partial charge >= 0.3 is 11.9 Å². The normalized spacial score (nSPS) is 13.5. The maximum absolute atomic E-state index is 11.6. The summed E-state index contributed by atoms with van der Waals surface area (Å²) < 4.78 is 5.37. The maximum Gasteiger partial charge on any atom is 0.320 e. The molecule has 1 heterocycles. The van der Waals surface area contributed by atoms with E-state index >= 15 is 0 Å². The van der Waals surface area contributed by atoms with E-state index in [-0.39, 0.29) is 24.0 Å². The molecule has 0 radical (unpaired) electrons. The van der Waals surface area contributed by atoms with Gasteiger partial charge in [-0.15, -0.1) is 0 Å². The fourth-order valence-corrected chi connectivity index (χ4v) is 3.10. The van der Waals surface area contributed by atoms with Crippen LogP contribution in [0.1, 0.15) is 31.9 Å². The van der Waals surface area contributed by atoms with Gasteiger partial charge in [0.1, 0.15) is 18.2 Å². The third-order valence-corrected chi connectivity index (χ3v) is 4.30. The van der Waals surface area contributed by atoms with Crippen LogP contribution in [-0.2, 0) is 9.59 Å². The molecule has 1 aromatic carbocycles. The molecular weight excluding hydrogens is 395 g/mol. The van der Waals surface area contributed by atoms with E-state index in [0.717, 1.165) is 0 Å². The zero-order valence-corrected chi connectivity index (χ0v) is 16.3. The maximum atomic E-state index is 11.6. The smallest absolute Gasteiger partial charge is 0.320 e. The van der Waals surface area contributed by atoms with E-state index in [1.165, 1.54) is 6.26 Å². The Bertz CT molecular complexity index is 802. The number of oxazole rings is 1. The summed E-state index contributed by atoms with van der Waals surface area (Å²) in [4.78, 5) is 27.2. The Labute approximate surface area is 166 Å². The van der Waals surface area contributed by atoms with Crippen molar-refractivity contribution in [3.63, 3.8) is 0 Å². The van der Waals surface area contributed by atoms with Gasteiger partial charge in [0.25, 0.3) is 0 Å². The van der Waals surface area contributed by atoms with Crippen LogP contribution in [0.25, 0.3) is 11.5 Å². The van der Waals surface area contributed by atoms with E-state index in [0.29, 0.717) is 22.0 Å². The quantitative estimate of drug-likeness (QED) is 0.569. The molecule has 0 bridgehead atoms. The molecule has 1 aromatic heterocycles. The average Bonchev–Trinajstić information content (AvgIpc) is 3.02. The summed E-state index contributed by atoms with van der Waals surface area (Å²) >= 11 is 11.9. The first-order valence-electron chi connectivity index (χ1n) is 8.28. The number of carboxylic acid groups (broad SMARTS) is 2. The van der Waals surface area contributed by atoms with Crippen molar-refractivity contribution in [2.45, 2.75) is 32.2 Å². The molecule has 0 aliphatic rings. The first-order valence-corrected chi connectivity index (χ1v) is 9.03. The van der Waals surface area contributed by atoms with Crippen molar-refractivity contribution in [3.05, 3.63) is 40.2 Å². The molecule has 0 fully saturated rings. The summed E-state index contributed by atoms with van der Waals surface area (Å²) in [6, 6.07) is 3.91. The van der Waals surface area contributed by atoms with Crippen molar-refractivity contribution in [2.24, 2.45) is 5.92 Å². The Kier molecular flexibility index (Phi) is 7.24. The van der Waals surface area contributed by atoms with Gasteiger partial charge in [-0.1, -0.05) is 37.0 Å². The predicted molar refractivity (Wildman–Crippen MR) is 101 cm³/mol. The van der Waals surface area contributed by atoms with Crippen LogP contribution >= 0.6 is 23.2 Å². The van der Waals surface area contributed by atoms with Crippen LogP contribution in [0.2, 0.25) is 10.0 Å². The first-order chi connectivity index (χ1) is 12.7. The van der Waals surface area contributed by atoms with Gasteiger partial charge in [-0.25, -0.2) is 4.98 Å². The van der Waals surface area contributed by atoms with Gasteiger partial charge in [0.2, 0.25) is 5.89 Å². The molecule has 0 saturated heterocycles. The molecule has 2 aromatic rings. The zero-order valence-electron chi connectivity index (χ0n) is 14.8. The topological polar surface area (TPSA) is 113 Å². The molecule has 2 atom stereocenters. The van der Waals surface area contributed by atoms with Gasteiger partial charge in [0, 0.05) is 22.2 Å². The van der Waals surface area contributed by atoms with Crippen molar-refractivity contribution >= 4 is 35.1 Å². The summed E-state index contributed by atoms with van der Waals surface area (Å²) in [6.07, 6.45) is 1.62. The third-order valence-electron chi connectivity index (χ3n) is 3.86. The van der Waals surface area contributed by atoms with Crippen LogP contribution in [-0.4, -0.2) is 39.7 Å². The lowest BCUT2D eigenvalue weighted by Gasteiger charge is -2.18. The van der Waals surface area contributed by atoms with E-state index in [4.69, 9.17) is 27.6 Å². The highest BCUT2D eigenvalue weighted by atomic mass is 35.5. The lowest BCUT2D eigenvalue weighted by Crippen LogP contribution is -2.41. The highest BCUT2D eigenvalue weighted by Crippen LogP contribution is 2.28. The Morgan fingerprint density at radius 2 is 1.78 bits per heavy atom. The summed E-state index contributed by atoms with van der Waals surface area (Å²) in [5, 5.41) is 22.4. The minimum absolute atomic E-state index is 0.0959. The molecule has 146 valence electrons. The van der Waals surface area contributed by atoms with Crippen molar-refractivity contribution in [1.29, 1.82) is 0 Å². The van der Waals surface area contributed by atoms with Crippen LogP contribution in [0.5, 0.6) is 0 Å². The number of hydrogen-bond acceptors (Lipinski definition) is 5. The van der Waals surface area contributed by atoms with Gasteiger partial charge in [0.15, 0.2) is 0 Å². The monoisotopic (exact) mass is 414 g/mol. The number of hydrogen-bond donors (Lipinski definition) is 3. The van der Waals surface area contributed by atoms with E-state index in [1.807, 2.05) is 13.8 Å². The van der Waals surface area contributed by atoms with Crippen LogP contribution in [0.15, 0.2) is 28.9 Å². The Balaban J connectivity index is 2.19. The molecule has 0 amide bonds. The highest BCUT2D eigenvalue weighted by Gasteiger charge is 2.27. The molecule has 3 N–H and O–H groups in total. The fraction of sp³-hybridized carbons (Fsp3) is 0.389. The zero-order chi connectivity index (χ0) is 20.1. The summed E-state index contributed by atoms with van der Waals surface area (Å²) in [6.45, 7) is 3.69. The fourth-order valence-electron chi connectivity index (χ4n) is 2.58. The molecule has 7 nitrogen and oxygen atoms in total. The molecule has 0 aliphatic heterocycles. The summed E-state index contributed by atoms with van der Waals surface area (Å²) in [5.74, 6) is -2.90. The van der Waals surface area contributed by atoms with Gasteiger partial charge < -0.3 is 19.9 Å². The lowest BCUT2D eigenvalue weighted by atomic mass is 10.0. The minimum Gasteiger partial charge on any atom is -0.481 e. The van der Waals surface area contributed by atoms with E-state index < -0.39 is 23.9 Å². The number of halogens is 2. The molecule has 27 heavy (non-hydrogen) atoms. The van der Waals surface area contributed by atoms with Gasteiger partial charge in [0.05, 0.1) is 5.69 Å². The second-order valence-electron chi connectivity index (χ2n) is 6.56. The van der Waals surface area contributed by atoms with E-state index in [1.54, 1.807) is 18.2 Å². The number of benzene rings is 1. The Morgan fingerprint density at radius 3 is 2.30 bits per heavy atom. The molecule has 0 aliphatic carbocycles. The number of carboxylic acids is 2. The first kappa shape index (κ1) is 21.2. The second-order valence-corrected chi connectivity index (χ2v) is 7.43. The number of nitrogens with one attached hydrogen (secondary N) is 1. The Hall–Kier alpha value is -2.09. The number of carbonyl (C=O) groups is 2. The van der Waals surface area contributed by atoms with E-state index in [9.17, 15) is 19.8 Å². The standard InChI is InChI=1S/C18H20Cl2N2O5/c1-9(2)3-14(18(25)26)21-7-13(17(23)24)15-8-27-16(22-15)10-4-11(19)6-12(20)5-10/h4-6,8-9,13-14,21H,3,7H2,1-2H3,(H,23,24)(H,25,26). The van der Waals surface area contributed by atoms with Gasteiger partial charge in [-0.05, 0) is 30.5 Å². The number of rotatable bonds is 9. The predicted octanol–water partition coefficient (Wildman–Crippen LogP) is 3.91. The summed E-state index contributed by atoms with van der Waals surface area (Å²) in [5.41, 5.74) is 0.689. The number of aliphatic carboxylic acids is 2. The van der Waals surface area contributed by atoms with Crippen LogP contribution < -0.4 is 5.32 Å². The van der Waals surface area contributed by atoms with Crippen molar-refractivity contribution in [2.75, 3.05) is 6.54 Å². The molecule has 0 saturated carbocycles. The Morgan fingerprint density at radius 1 is 1.15 bits per heavy atom. The van der Waals surface area contributed by atoms with Crippen LogP contribution in [0.3, 0.4) is 0 Å². The average molecular weight is 415 g/mol. The third kappa shape index (κ3) is 5.95. The lowest BCUT2D eigenvalue weighted by molar-refractivity contribution is -0.142. The van der Waals surface area contributed by atoms with Crippen molar-refractivity contribution in [3.8, 4) is 11.5 Å². The van der Waals surface area contributed by atoms with E-state index in [2.05, 4.69) is 10.3 Å². The molecule has 2 rings (SSSR count). The van der Waals surface area contributed by atoms with Crippen LogP contribution in [0, 0.1) is 5.92 Å². The largest absolute Gasteiger partial charge is 0.481 e. The van der Waals surface area contributed by atoms with Gasteiger partial charge in [-0.3, -0.25) is 9.59 Å².